The summed E-state index contributed by atoms with van der Waals surface area (Å²) in [5, 5.41) is 3.96. The Bertz CT molecular complexity index is 674. The standard InChI is InChI=1S/C13H9BrN2O2/c14-9-4-1-3-8(7-9)11-12(16-18-13(11)15)10-5-2-6-17-10/h1-7H,15H2. The van der Waals surface area contributed by atoms with Crippen LogP contribution in [-0.4, -0.2) is 5.16 Å². The molecule has 0 aliphatic rings. The zero-order valence-corrected chi connectivity index (χ0v) is 10.8. The quantitative estimate of drug-likeness (QED) is 0.778. The van der Waals surface area contributed by atoms with Crippen molar-refractivity contribution in [3.05, 3.63) is 47.1 Å². The van der Waals surface area contributed by atoms with E-state index >= 15 is 0 Å². The van der Waals surface area contributed by atoms with Gasteiger partial charge in [-0.05, 0) is 29.8 Å². The Morgan fingerprint density at radius 1 is 1.17 bits per heavy atom. The smallest absolute Gasteiger partial charge is 0.230 e. The third kappa shape index (κ3) is 1.82. The topological polar surface area (TPSA) is 65.2 Å². The molecule has 0 saturated carbocycles. The monoisotopic (exact) mass is 304 g/mol. The first kappa shape index (κ1) is 11.1. The molecule has 3 aromatic rings. The van der Waals surface area contributed by atoms with Crippen LogP contribution in [0.5, 0.6) is 0 Å². The molecular formula is C13H9BrN2O2. The molecule has 0 unspecified atom stereocenters. The van der Waals surface area contributed by atoms with E-state index in [1.54, 1.807) is 12.3 Å². The number of furan rings is 1. The van der Waals surface area contributed by atoms with Gasteiger partial charge in [0, 0.05) is 4.47 Å². The van der Waals surface area contributed by atoms with E-state index in [1.165, 1.54) is 0 Å². The van der Waals surface area contributed by atoms with E-state index in [1.807, 2.05) is 30.3 Å². The molecular weight excluding hydrogens is 296 g/mol. The van der Waals surface area contributed by atoms with Crippen LogP contribution in [-0.2, 0) is 0 Å². The first-order valence-electron chi connectivity index (χ1n) is 5.30. The molecule has 4 nitrogen and oxygen atoms in total. The third-order valence-electron chi connectivity index (χ3n) is 2.59. The second kappa shape index (κ2) is 4.34. The summed E-state index contributed by atoms with van der Waals surface area (Å²) in [5.74, 6) is 0.907. The SMILES string of the molecule is Nc1onc(-c2ccco2)c1-c1cccc(Br)c1. The van der Waals surface area contributed by atoms with Crippen LogP contribution < -0.4 is 5.73 Å². The molecule has 0 bridgehead atoms. The van der Waals surface area contributed by atoms with E-state index in [0.717, 1.165) is 15.6 Å². The summed E-state index contributed by atoms with van der Waals surface area (Å²) in [5.41, 5.74) is 8.12. The maximum atomic E-state index is 5.84. The lowest BCUT2D eigenvalue weighted by molar-refractivity contribution is 0.436. The lowest BCUT2D eigenvalue weighted by Crippen LogP contribution is -1.87. The number of aromatic nitrogens is 1. The minimum absolute atomic E-state index is 0.277. The zero-order chi connectivity index (χ0) is 12.5. The molecule has 2 heterocycles. The molecule has 3 rings (SSSR count). The molecule has 0 aliphatic heterocycles. The average molecular weight is 305 g/mol. The zero-order valence-electron chi connectivity index (χ0n) is 9.26. The van der Waals surface area contributed by atoms with Gasteiger partial charge in [0.2, 0.25) is 5.88 Å². The molecule has 90 valence electrons. The van der Waals surface area contributed by atoms with Crippen LogP contribution in [0.1, 0.15) is 0 Å². The minimum Gasteiger partial charge on any atom is -0.463 e. The maximum absolute atomic E-state index is 5.84. The highest BCUT2D eigenvalue weighted by Gasteiger charge is 2.19. The summed E-state index contributed by atoms with van der Waals surface area (Å²) in [6.45, 7) is 0. The van der Waals surface area contributed by atoms with Crippen molar-refractivity contribution in [2.24, 2.45) is 0 Å². The first-order chi connectivity index (χ1) is 8.75. The maximum Gasteiger partial charge on any atom is 0.230 e. The van der Waals surface area contributed by atoms with Crippen molar-refractivity contribution in [1.29, 1.82) is 0 Å². The number of halogens is 1. The van der Waals surface area contributed by atoms with Gasteiger partial charge >= 0.3 is 0 Å². The number of rotatable bonds is 2. The Balaban J connectivity index is 2.20. The van der Waals surface area contributed by atoms with Crippen molar-refractivity contribution in [3.63, 3.8) is 0 Å². The van der Waals surface area contributed by atoms with Crippen molar-refractivity contribution >= 4 is 21.8 Å². The summed E-state index contributed by atoms with van der Waals surface area (Å²) < 4.78 is 11.4. The van der Waals surface area contributed by atoms with Crippen LogP contribution in [0, 0.1) is 0 Å². The fourth-order valence-electron chi connectivity index (χ4n) is 1.81. The number of benzene rings is 1. The molecule has 5 heteroatoms. The number of anilines is 1. The molecule has 1 aromatic carbocycles. The van der Waals surface area contributed by atoms with Crippen LogP contribution >= 0.6 is 15.9 Å². The molecule has 2 aromatic heterocycles. The Hall–Kier alpha value is -2.01. The molecule has 0 spiro atoms. The van der Waals surface area contributed by atoms with E-state index in [9.17, 15) is 0 Å². The number of nitrogens with zero attached hydrogens (tertiary/aromatic N) is 1. The van der Waals surface area contributed by atoms with E-state index < -0.39 is 0 Å². The number of nitrogen functional groups attached to an aromatic ring is 1. The summed E-state index contributed by atoms with van der Waals surface area (Å²) in [7, 11) is 0. The number of hydrogen-bond acceptors (Lipinski definition) is 4. The lowest BCUT2D eigenvalue weighted by atomic mass is 10.0. The van der Waals surface area contributed by atoms with Crippen molar-refractivity contribution < 1.29 is 8.94 Å². The Kier molecular flexibility index (Phi) is 2.68. The van der Waals surface area contributed by atoms with Gasteiger partial charge in [-0.15, -0.1) is 0 Å². The summed E-state index contributed by atoms with van der Waals surface area (Å²) in [6.07, 6.45) is 1.59. The summed E-state index contributed by atoms with van der Waals surface area (Å²) in [6, 6.07) is 11.4. The molecule has 18 heavy (non-hydrogen) atoms. The van der Waals surface area contributed by atoms with Crippen molar-refractivity contribution in [2.45, 2.75) is 0 Å². The molecule has 0 atom stereocenters. The molecule has 2 N–H and O–H groups in total. The number of nitrogens with two attached hydrogens (primary N) is 1. The molecule has 0 fully saturated rings. The predicted molar refractivity (Wildman–Crippen MR) is 71.8 cm³/mol. The average Bonchev–Trinajstić information content (AvgIpc) is 2.97. The van der Waals surface area contributed by atoms with E-state index in [0.29, 0.717) is 11.5 Å². The van der Waals surface area contributed by atoms with Gasteiger partial charge in [-0.3, -0.25) is 0 Å². The molecule has 0 aliphatic carbocycles. The van der Waals surface area contributed by atoms with E-state index in [-0.39, 0.29) is 5.88 Å². The van der Waals surface area contributed by atoms with E-state index in [4.69, 9.17) is 14.7 Å². The molecule has 0 amide bonds. The van der Waals surface area contributed by atoms with Gasteiger partial charge in [-0.2, -0.15) is 0 Å². The van der Waals surface area contributed by atoms with Crippen LogP contribution in [0.15, 0.2) is 56.1 Å². The van der Waals surface area contributed by atoms with Crippen LogP contribution in [0.25, 0.3) is 22.6 Å². The fourth-order valence-corrected chi connectivity index (χ4v) is 2.21. The Labute approximate surface area is 112 Å². The third-order valence-corrected chi connectivity index (χ3v) is 3.08. The normalized spacial score (nSPS) is 10.7. The lowest BCUT2D eigenvalue weighted by Gasteiger charge is -2.01. The molecule has 0 radical (unpaired) electrons. The van der Waals surface area contributed by atoms with E-state index in [2.05, 4.69) is 21.1 Å². The van der Waals surface area contributed by atoms with Crippen molar-refractivity contribution in [3.8, 4) is 22.6 Å². The van der Waals surface area contributed by atoms with Crippen molar-refractivity contribution in [2.75, 3.05) is 5.73 Å². The first-order valence-corrected chi connectivity index (χ1v) is 6.10. The van der Waals surface area contributed by atoms with Crippen LogP contribution in [0.2, 0.25) is 0 Å². The minimum atomic E-state index is 0.277. The van der Waals surface area contributed by atoms with Gasteiger partial charge in [0.1, 0.15) is 0 Å². The highest BCUT2D eigenvalue weighted by atomic mass is 79.9. The fraction of sp³-hybridized carbons (Fsp3) is 0. The highest BCUT2D eigenvalue weighted by molar-refractivity contribution is 9.10. The molecule has 0 saturated heterocycles. The van der Waals surface area contributed by atoms with Gasteiger partial charge in [0.25, 0.3) is 0 Å². The predicted octanol–water partition coefficient (Wildman–Crippen LogP) is 3.95. The largest absolute Gasteiger partial charge is 0.463 e. The van der Waals surface area contributed by atoms with Gasteiger partial charge in [-0.1, -0.05) is 33.2 Å². The summed E-state index contributed by atoms with van der Waals surface area (Å²) >= 11 is 3.43. The van der Waals surface area contributed by atoms with Crippen LogP contribution in [0.4, 0.5) is 5.88 Å². The van der Waals surface area contributed by atoms with Gasteiger partial charge in [-0.25, -0.2) is 0 Å². The Morgan fingerprint density at radius 2 is 2.06 bits per heavy atom. The van der Waals surface area contributed by atoms with Gasteiger partial charge < -0.3 is 14.7 Å². The van der Waals surface area contributed by atoms with Gasteiger partial charge in [0.15, 0.2) is 11.5 Å². The number of hydrogen-bond donors (Lipinski definition) is 1. The highest BCUT2D eigenvalue weighted by Crippen LogP contribution is 2.37. The second-order valence-electron chi connectivity index (χ2n) is 3.76. The Morgan fingerprint density at radius 3 is 2.78 bits per heavy atom. The van der Waals surface area contributed by atoms with Crippen molar-refractivity contribution in [1.82, 2.24) is 5.16 Å². The summed E-state index contributed by atoms with van der Waals surface area (Å²) in [4.78, 5) is 0. The second-order valence-corrected chi connectivity index (χ2v) is 4.67. The van der Waals surface area contributed by atoms with Gasteiger partial charge in [0.05, 0.1) is 11.8 Å². The van der Waals surface area contributed by atoms with Crippen LogP contribution in [0.3, 0.4) is 0 Å².